The largest absolute Gasteiger partial charge is 0.480 e. The topological polar surface area (TPSA) is 57.6 Å². The fraction of sp³-hybridized carbons (Fsp3) is 0.167. The number of hydrogen-bond acceptors (Lipinski definition) is 3. The molecule has 0 aromatic heterocycles. The van der Waals surface area contributed by atoms with Crippen molar-refractivity contribution < 1.29 is 14.7 Å². The molecule has 4 heteroatoms. The van der Waals surface area contributed by atoms with Crippen molar-refractivity contribution in [2.45, 2.75) is 12.8 Å². The highest BCUT2D eigenvalue weighted by atomic mass is 16.4. The predicted molar refractivity (Wildman–Crippen MR) is 111 cm³/mol. The van der Waals surface area contributed by atoms with Gasteiger partial charge in [0.25, 0.3) is 0 Å². The third-order valence-corrected chi connectivity index (χ3v) is 4.57. The molecule has 3 aromatic rings. The number of ketones is 1. The van der Waals surface area contributed by atoms with Crippen LogP contribution in [0.3, 0.4) is 0 Å². The summed E-state index contributed by atoms with van der Waals surface area (Å²) in [6, 6.07) is 26.5. The summed E-state index contributed by atoms with van der Waals surface area (Å²) in [5, 5.41) is 9.19. The van der Waals surface area contributed by atoms with E-state index in [0.717, 1.165) is 24.1 Å². The number of carboxylic acid groups (broad SMARTS) is 1. The second-order valence-corrected chi connectivity index (χ2v) is 6.65. The van der Waals surface area contributed by atoms with Gasteiger partial charge in [-0.15, -0.1) is 0 Å². The lowest BCUT2D eigenvalue weighted by atomic mass is 9.99. The highest BCUT2D eigenvalue weighted by Crippen LogP contribution is 2.16. The minimum atomic E-state index is -0.848. The minimum Gasteiger partial charge on any atom is -0.480 e. The number of aryl methyl sites for hydroxylation is 1. The molecular formula is C24H23NO3. The third kappa shape index (κ3) is 5.30. The van der Waals surface area contributed by atoms with Crippen molar-refractivity contribution in [3.63, 3.8) is 0 Å². The second kappa shape index (κ2) is 9.51. The molecule has 0 saturated carbocycles. The number of anilines is 1. The zero-order valence-corrected chi connectivity index (χ0v) is 15.6. The fourth-order valence-electron chi connectivity index (χ4n) is 3.20. The van der Waals surface area contributed by atoms with Crippen LogP contribution in [0.2, 0.25) is 0 Å². The van der Waals surface area contributed by atoms with E-state index in [0.29, 0.717) is 17.7 Å². The monoisotopic (exact) mass is 373 g/mol. The smallest absolute Gasteiger partial charge is 0.323 e. The summed E-state index contributed by atoms with van der Waals surface area (Å²) in [7, 11) is 0. The number of benzene rings is 3. The molecule has 3 rings (SSSR count). The van der Waals surface area contributed by atoms with Crippen LogP contribution >= 0.6 is 0 Å². The first-order chi connectivity index (χ1) is 13.6. The Labute approximate surface area is 165 Å². The van der Waals surface area contributed by atoms with E-state index < -0.39 is 5.97 Å². The maximum absolute atomic E-state index is 12.6. The Bertz CT molecular complexity index is 923. The Hall–Kier alpha value is -3.40. The predicted octanol–water partition coefficient (Wildman–Crippen LogP) is 4.44. The van der Waals surface area contributed by atoms with Crippen molar-refractivity contribution in [1.29, 1.82) is 0 Å². The summed E-state index contributed by atoms with van der Waals surface area (Å²) >= 11 is 0. The van der Waals surface area contributed by atoms with E-state index in [1.807, 2.05) is 89.8 Å². The highest BCUT2D eigenvalue weighted by Gasteiger charge is 2.11. The molecule has 0 radical (unpaired) electrons. The molecule has 0 aliphatic rings. The van der Waals surface area contributed by atoms with E-state index in [1.54, 1.807) is 0 Å². The van der Waals surface area contributed by atoms with Gasteiger partial charge < -0.3 is 10.0 Å². The van der Waals surface area contributed by atoms with Crippen molar-refractivity contribution in [2.24, 2.45) is 0 Å². The van der Waals surface area contributed by atoms with Crippen LogP contribution in [0.25, 0.3) is 0 Å². The van der Waals surface area contributed by atoms with Gasteiger partial charge in [0.2, 0.25) is 0 Å². The van der Waals surface area contributed by atoms with E-state index >= 15 is 0 Å². The van der Waals surface area contributed by atoms with Gasteiger partial charge >= 0.3 is 5.97 Å². The van der Waals surface area contributed by atoms with Crippen LogP contribution in [0.5, 0.6) is 0 Å². The van der Waals surface area contributed by atoms with Crippen LogP contribution in [0.4, 0.5) is 5.69 Å². The summed E-state index contributed by atoms with van der Waals surface area (Å²) in [6.45, 7) is 0.601. The standard InChI is InChI=1S/C24H23NO3/c26-23(27)18-25(22-14-5-2-6-15-22)16-8-10-19-9-7-13-21(17-19)24(28)20-11-3-1-4-12-20/h1-7,9,11-15,17H,8,10,16,18H2,(H,26,27). The molecule has 0 saturated heterocycles. The summed E-state index contributed by atoms with van der Waals surface area (Å²) in [5.74, 6) is -0.835. The number of carbonyl (C=O) groups is 2. The molecule has 3 aromatic carbocycles. The van der Waals surface area contributed by atoms with Crippen LogP contribution in [-0.2, 0) is 11.2 Å². The molecule has 28 heavy (non-hydrogen) atoms. The van der Waals surface area contributed by atoms with Crippen LogP contribution in [0.15, 0.2) is 84.9 Å². The van der Waals surface area contributed by atoms with Crippen LogP contribution in [-0.4, -0.2) is 29.9 Å². The van der Waals surface area contributed by atoms with Gasteiger partial charge in [0.15, 0.2) is 5.78 Å². The van der Waals surface area contributed by atoms with E-state index in [1.165, 1.54) is 0 Å². The van der Waals surface area contributed by atoms with Crippen molar-refractivity contribution in [1.82, 2.24) is 0 Å². The number of nitrogens with zero attached hydrogens (tertiary/aromatic N) is 1. The Morgan fingerprint density at radius 1 is 0.786 bits per heavy atom. The number of hydrogen-bond donors (Lipinski definition) is 1. The van der Waals surface area contributed by atoms with Gasteiger partial charge in [-0.1, -0.05) is 66.7 Å². The highest BCUT2D eigenvalue weighted by molar-refractivity contribution is 6.09. The van der Waals surface area contributed by atoms with Crippen LogP contribution < -0.4 is 4.90 Å². The van der Waals surface area contributed by atoms with Crippen molar-refractivity contribution >= 4 is 17.4 Å². The summed E-state index contributed by atoms with van der Waals surface area (Å²) < 4.78 is 0. The van der Waals surface area contributed by atoms with Gasteiger partial charge in [0, 0.05) is 23.4 Å². The van der Waals surface area contributed by atoms with Gasteiger partial charge in [0.1, 0.15) is 6.54 Å². The molecule has 0 heterocycles. The molecule has 0 spiro atoms. The van der Waals surface area contributed by atoms with Crippen molar-refractivity contribution in [2.75, 3.05) is 18.0 Å². The lowest BCUT2D eigenvalue weighted by Crippen LogP contribution is -2.30. The second-order valence-electron chi connectivity index (χ2n) is 6.65. The number of aliphatic carboxylic acids is 1. The number of para-hydroxylation sites is 1. The molecule has 0 aliphatic carbocycles. The quantitative estimate of drug-likeness (QED) is 0.563. The minimum absolute atomic E-state index is 0.0132. The van der Waals surface area contributed by atoms with Crippen LogP contribution in [0, 0.1) is 0 Å². The Morgan fingerprint density at radius 3 is 2.11 bits per heavy atom. The maximum Gasteiger partial charge on any atom is 0.323 e. The van der Waals surface area contributed by atoms with Gasteiger partial charge in [-0.25, -0.2) is 0 Å². The number of carboxylic acids is 1. The average molecular weight is 373 g/mol. The summed E-state index contributed by atoms with van der Waals surface area (Å²) in [5.41, 5.74) is 3.33. The van der Waals surface area contributed by atoms with Gasteiger partial charge in [-0.2, -0.15) is 0 Å². The van der Waals surface area contributed by atoms with Crippen molar-refractivity contribution in [3.8, 4) is 0 Å². The maximum atomic E-state index is 12.6. The Balaban J connectivity index is 1.64. The molecule has 4 nitrogen and oxygen atoms in total. The molecule has 0 unspecified atom stereocenters. The molecule has 142 valence electrons. The van der Waals surface area contributed by atoms with Crippen molar-refractivity contribution in [3.05, 3.63) is 102 Å². The first kappa shape index (κ1) is 19.4. The Kier molecular flexibility index (Phi) is 6.58. The lowest BCUT2D eigenvalue weighted by Gasteiger charge is -2.22. The number of carbonyl (C=O) groups excluding carboxylic acids is 1. The first-order valence-corrected chi connectivity index (χ1v) is 9.34. The Morgan fingerprint density at radius 2 is 1.43 bits per heavy atom. The number of rotatable bonds is 9. The third-order valence-electron chi connectivity index (χ3n) is 4.57. The SMILES string of the molecule is O=C(O)CN(CCCc1cccc(C(=O)c2ccccc2)c1)c1ccccc1. The van der Waals surface area contributed by atoms with E-state index in [2.05, 4.69) is 0 Å². The molecule has 0 aliphatic heterocycles. The van der Waals surface area contributed by atoms with E-state index in [4.69, 9.17) is 0 Å². The zero-order valence-electron chi connectivity index (χ0n) is 15.6. The molecular weight excluding hydrogens is 350 g/mol. The van der Waals surface area contributed by atoms with Crippen LogP contribution in [0.1, 0.15) is 27.9 Å². The van der Waals surface area contributed by atoms with E-state index in [-0.39, 0.29) is 12.3 Å². The van der Waals surface area contributed by atoms with Gasteiger partial charge in [-0.05, 0) is 36.6 Å². The van der Waals surface area contributed by atoms with Gasteiger partial charge in [-0.3, -0.25) is 9.59 Å². The normalized spacial score (nSPS) is 10.4. The molecule has 0 fully saturated rings. The molecule has 1 N–H and O–H groups in total. The summed E-state index contributed by atoms with van der Waals surface area (Å²) in [4.78, 5) is 25.7. The molecule has 0 amide bonds. The fourth-order valence-corrected chi connectivity index (χ4v) is 3.20. The summed E-state index contributed by atoms with van der Waals surface area (Å²) in [6.07, 6.45) is 1.57. The zero-order chi connectivity index (χ0) is 19.8. The molecule has 0 atom stereocenters. The van der Waals surface area contributed by atoms with E-state index in [9.17, 15) is 14.7 Å². The van der Waals surface area contributed by atoms with Gasteiger partial charge in [0.05, 0.1) is 0 Å². The first-order valence-electron chi connectivity index (χ1n) is 9.34. The molecule has 0 bridgehead atoms. The lowest BCUT2D eigenvalue weighted by molar-refractivity contribution is -0.135. The average Bonchev–Trinajstić information content (AvgIpc) is 2.74.